The Morgan fingerprint density at radius 2 is 0.567 bits per heavy atom. The molecule has 1 atom stereocenters. The van der Waals surface area contributed by atoms with Crippen molar-refractivity contribution in [2.75, 3.05) is 0 Å². The molecular weight excluding hydrogens is 927 g/mol. The molecule has 0 saturated heterocycles. The van der Waals surface area contributed by atoms with Crippen LogP contribution in [0.2, 0.25) is 0 Å². The van der Waals surface area contributed by atoms with Gasteiger partial charge in [0.25, 0.3) is 0 Å². The quantitative estimate of drug-likeness (QED) is 0.0322. The van der Waals surface area contributed by atoms with Crippen LogP contribution in [0.25, 0.3) is 0 Å². The van der Waals surface area contributed by atoms with Gasteiger partial charge in [-0.1, -0.05) is 41.5 Å². The maximum absolute atomic E-state index is 2.88. The van der Waals surface area contributed by atoms with Gasteiger partial charge >= 0.3 is 372 Å². The summed E-state index contributed by atoms with van der Waals surface area (Å²) >= 11 is 2.48. The van der Waals surface area contributed by atoms with Crippen molar-refractivity contribution in [2.24, 2.45) is 5.92 Å². The molecule has 1 aliphatic carbocycles. The van der Waals surface area contributed by atoms with Crippen molar-refractivity contribution < 1.29 is 57.7 Å². The Bertz CT molecular complexity index is 1610. The zero-order valence-electron chi connectivity index (χ0n) is 44.6. The predicted molar refractivity (Wildman–Crippen MR) is 286 cm³/mol. The molecule has 4 rings (SSSR count). The molecule has 374 valence electrons. The molecule has 0 saturated carbocycles. The Morgan fingerprint density at radius 3 is 0.746 bits per heavy atom. The van der Waals surface area contributed by atoms with E-state index >= 15 is 0 Å². The van der Waals surface area contributed by atoms with E-state index in [4.69, 9.17) is 0 Å². The minimum atomic E-state index is -2.88. The summed E-state index contributed by atoms with van der Waals surface area (Å²) in [6.45, 7) is 21.8. The Balaban J connectivity index is 0.00000748. The number of halogens is 3. The van der Waals surface area contributed by atoms with Crippen molar-refractivity contribution in [3.8, 4) is 0 Å². The molecule has 1 aliphatic rings. The molecule has 0 radical (unpaired) electrons. The van der Waals surface area contributed by atoms with E-state index in [0.717, 1.165) is 0 Å². The molecule has 0 fully saturated rings. The van der Waals surface area contributed by atoms with E-state index in [0.29, 0.717) is 5.92 Å². The van der Waals surface area contributed by atoms with Crippen LogP contribution in [-0.4, -0.2) is 8.07 Å². The molecule has 0 N–H and O–H groups in total. The number of hydrogen-bond acceptors (Lipinski definition) is 0. The zero-order chi connectivity index (χ0) is 46.2. The second kappa shape index (κ2) is 35.9. The normalized spacial score (nSPS) is 13.8. The van der Waals surface area contributed by atoms with Gasteiger partial charge in [-0.2, -0.15) is 0 Å². The van der Waals surface area contributed by atoms with Gasteiger partial charge in [0.15, 0.2) is 0 Å². The summed E-state index contributed by atoms with van der Waals surface area (Å²) in [6.07, 6.45) is 38.8. The van der Waals surface area contributed by atoms with Crippen LogP contribution < -0.4 is 52.8 Å². The van der Waals surface area contributed by atoms with Crippen LogP contribution in [0.15, 0.2) is 74.8 Å². The van der Waals surface area contributed by atoms with Gasteiger partial charge in [-0.05, 0) is 0 Å². The first-order valence-corrected chi connectivity index (χ1v) is 30.5. The van der Waals surface area contributed by atoms with Crippen molar-refractivity contribution in [1.82, 2.24) is 0 Å². The van der Waals surface area contributed by atoms with Crippen LogP contribution in [0.4, 0.5) is 0 Å². The number of allylic oxidation sites excluding steroid dienone is 4. The van der Waals surface area contributed by atoms with E-state index in [1.165, 1.54) is 193 Å². The molecule has 0 nitrogen and oxygen atoms in total. The average molecular weight is 1020 g/mol. The van der Waals surface area contributed by atoms with Gasteiger partial charge in [0.05, 0.1) is 0 Å². The molecular formula is C62H97Cl3SiTi. The molecule has 0 aromatic heterocycles. The van der Waals surface area contributed by atoms with Crippen molar-refractivity contribution >= 4 is 23.6 Å². The minimum absolute atomic E-state index is 0. The first kappa shape index (κ1) is 64.0. The van der Waals surface area contributed by atoms with Crippen molar-refractivity contribution in [2.45, 2.75) is 255 Å². The molecule has 5 heteroatoms. The van der Waals surface area contributed by atoms with Gasteiger partial charge in [0, 0.05) is 0 Å². The molecule has 0 spiro atoms. The average Bonchev–Trinajstić information content (AvgIpc) is 3.49. The molecule has 67 heavy (non-hydrogen) atoms. The molecule has 3 aromatic carbocycles. The third-order valence-electron chi connectivity index (χ3n) is 15.0. The standard InChI is InChI=1S/C62H97Si.3ClH.Ti/c1-10-16-22-28-34-53-41-54(35-29-23-17-11-2)45-59(44-53)63(62-51(8)40-50(7)52(62)9,60-46-55(36-30-24-18-12-3)42-56(47-60)37-31-25-19-13-4)61-48-57(38-32-26-20-14-5)43-58(49-61)39-33-27-21-15-6;;;;/h41-49,51H,10-39H2,1-9H3;3*1H;/q;;;;+3/p-3. The molecule has 3 aromatic rings. The Labute approximate surface area is 447 Å². The second-order valence-electron chi connectivity index (χ2n) is 20.5. The van der Waals surface area contributed by atoms with Crippen molar-refractivity contribution in [3.63, 3.8) is 0 Å². The minimum Gasteiger partial charge on any atom is -1.00 e. The predicted octanol–water partition coefficient (Wildman–Crippen LogP) is 8.23. The maximum atomic E-state index is 2.81. The summed E-state index contributed by atoms with van der Waals surface area (Å²) < 4.78 is 1.60. The zero-order valence-corrected chi connectivity index (χ0v) is 49.4. The molecule has 0 bridgehead atoms. The number of hydrogen-bond donors (Lipinski definition) is 0. The summed E-state index contributed by atoms with van der Waals surface area (Å²) in [5.41, 5.74) is 12.8. The Hall–Kier alpha value is -1.06. The van der Waals surface area contributed by atoms with E-state index in [2.05, 4.69) is 137 Å². The summed E-state index contributed by atoms with van der Waals surface area (Å²) in [7, 11) is -2.88. The summed E-state index contributed by atoms with van der Waals surface area (Å²) in [6, 6.07) is 24.9. The van der Waals surface area contributed by atoms with E-state index in [-0.39, 0.29) is 37.2 Å². The summed E-state index contributed by atoms with van der Waals surface area (Å²) in [4.78, 5) is 0. The van der Waals surface area contributed by atoms with Gasteiger partial charge in [0.1, 0.15) is 0 Å². The third kappa shape index (κ3) is 19.5. The van der Waals surface area contributed by atoms with Crippen LogP contribution in [0.3, 0.4) is 0 Å². The molecule has 0 amide bonds. The SMILES string of the molecule is CCCCCCc1cc(CCCCCC)cc([Si](C2=C(C)C(C)=[C]([Ti+3])C2C)(c2cc(CCCCCC)cc(CCCCCC)c2)c2cc(CCCCCC)cc(CCCCCC)c2)c1.[Cl-].[Cl-].[Cl-]. The van der Waals surface area contributed by atoms with Gasteiger partial charge in [-0.25, -0.2) is 0 Å². The molecule has 0 heterocycles. The van der Waals surface area contributed by atoms with Gasteiger partial charge in [0.2, 0.25) is 0 Å². The van der Waals surface area contributed by atoms with Crippen LogP contribution in [-0.2, 0) is 59.0 Å². The van der Waals surface area contributed by atoms with Gasteiger partial charge in [-0.3, -0.25) is 0 Å². The first-order valence-electron chi connectivity index (χ1n) is 27.7. The number of aryl methyl sites for hydroxylation is 6. The fourth-order valence-electron chi connectivity index (χ4n) is 11.1. The summed E-state index contributed by atoms with van der Waals surface area (Å²) in [5, 5.41) is 6.86. The number of rotatable bonds is 34. The van der Waals surface area contributed by atoms with Crippen LogP contribution in [0.5, 0.6) is 0 Å². The smallest absolute Gasteiger partial charge is 1.00 e. The fourth-order valence-corrected chi connectivity index (χ4v) is 17.7. The maximum Gasteiger partial charge on any atom is -1.00 e. The van der Waals surface area contributed by atoms with Gasteiger partial charge < -0.3 is 37.2 Å². The first-order chi connectivity index (χ1) is 31.2. The topological polar surface area (TPSA) is 0 Å². The van der Waals surface area contributed by atoms with Crippen molar-refractivity contribution in [1.29, 1.82) is 0 Å². The second-order valence-corrected chi connectivity index (χ2v) is 25.1. The van der Waals surface area contributed by atoms with E-state index in [1.54, 1.807) is 69.2 Å². The van der Waals surface area contributed by atoms with E-state index in [1.807, 2.05) is 0 Å². The Morgan fingerprint density at radius 1 is 0.343 bits per heavy atom. The largest absolute Gasteiger partial charge is 1.00 e. The molecule has 0 aliphatic heterocycles. The van der Waals surface area contributed by atoms with Crippen molar-refractivity contribution in [3.05, 3.63) is 108 Å². The molecule has 1 unspecified atom stereocenters. The number of unbranched alkanes of at least 4 members (excludes halogenated alkanes) is 18. The van der Waals surface area contributed by atoms with Crippen LogP contribution in [0, 0.1) is 5.92 Å². The Kier molecular flexibility index (Phi) is 34.3. The van der Waals surface area contributed by atoms with E-state index < -0.39 is 8.07 Å². The number of benzene rings is 3. The van der Waals surface area contributed by atoms with Crippen LogP contribution in [0.1, 0.15) is 250 Å². The third-order valence-corrected chi connectivity index (χ3v) is 21.4. The summed E-state index contributed by atoms with van der Waals surface area (Å²) in [5.74, 6) is 0.426. The van der Waals surface area contributed by atoms with Crippen LogP contribution >= 0.6 is 0 Å². The van der Waals surface area contributed by atoms with E-state index in [9.17, 15) is 0 Å². The fraction of sp³-hybridized carbons (Fsp3) is 0.645. The van der Waals surface area contributed by atoms with Gasteiger partial charge in [-0.15, -0.1) is 0 Å². The monoisotopic (exact) mass is 1020 g/mol.